The van der Waals surface area contributed by atoms with E-state index < -0.39 is 0 Å². The topological polar surface area (TPSA) is 135 Å². The van der Waals surface area contributed by atoms with Gasteiger partial charge in [0.25, 0.3) is 0 Å². The van der Waals surface area contributed by atoms with Gasteiger partial charge < -0.3 is 24.4 Å². The Hall–Kier alpha value is -5.78. The molecular formula is C46H48N4O7. The highest BCUT2D eigenvalue weighted by Gasteiger charge is 2.33. The maximum Gasteiger partial charge on any atom is 0.231 e. The van der Waals surface area contributed by atoms with Crippen LogP contribution in [0.5, 0.6) is 23.0 Å². The first-order valence-electron chi connectivity index (χ1n) is 20.0. The minimum Gasteiger partial charge on any atom is -0.507 e. The van der Waals surface area contributed by atoms with Crippen molar-refractivity contribution in [3.63, 3.8) is 0 Å². The molecule has 6 heterocycles. The molecule has 2 aromatic carbocycles. The lowest BCUT2D eigenvalue weighted by molar-refractivity contribution is 0.0959. The highest BCUT2D eigenvalue weighted by atomic mass is 16.5. The summed E-state index contributed by atoms with van der Waals surface area (Å²) < 4.78 is 16.6. The lowest BCUT2D eigenvalue weighted by Gasteiger charge is -2.27. The molecule has 0 spiro atoms. The molecule has 4 aromatic rings. The van der Waals surface area contributed by atoms with Crippen LogP contribution in [-0.2, 0) is 30.7 Å². The van der Waals surface area contributed by atoms with Crippen LogP contribution in [0.2, 0.25) is 0 Å². The lowest BCUT2D eigenvalue weighted by atomic mass is 10.0. The van der Waals surface area contributed by atoms with Crippen molar-refractivity contribution in [3.05, 3.63) is 130 Å². The lowest BCUT2D eigenvalue weighted by Crippen LogP contribution is -2.29. The summed E-state index contributed by atoms with van der Waals surface area (Å²) in [5.74, 6) is 2.65. The van der Waals surface area contributed by atoms with Gasteiger partial charge in [-0.1, -0.05) is 25.0 Å². The first-order valence-corrected chi connectivity index (χ1v) is 20.0. The number of aromatic hydroxyl groups is 2. The van der Waals surface area contributed by atoms with Crippen LogP contribution in [0.3, 0.4) is 0 Å². The van der Waals surface area contributed by atoms with Crippen LogP contribution in [0.15, 0.2) is 84.9 Å². The molecule has 6 aliphatic rings. The van der Waals surface area contributed by atoms with Gasteiger partial charge in [0, 0.05) is 49.5 Å². The van der Waals surface area contributed by atoms with Crippen LogP contribution in [-0.4, -0.2) is 81.4 Å². The van der Waals surface area contributed by atoms with Gasteiger partial charge in [0.1, 0.15) is 28.8 Å². The van der Waals surface area contributed by atoms with Crippen LogP contribution >= 0.6 is 0 Å². The minimum atomic E-state index is -0.131. The van der Waals surface area contributed by atoms with Crippen LogP contribution in [0.1, 0.15) is 92.9 Å². The summed E-state index contributed by atoms with van der Waals surface area (Å²) >= 11 is 0. The normalized spacial score (nSPS) is 18.8. The van der Waals surface area contributed by atoms with Gasteiger partial charge in [0.05, 0.1) is 40.8 Å². The van der Waals surface area contributed by atoms with E-state index in [2.05, 4.69) is 31.9 Å². The number of hydrogen-bond donors (Lipinski definition) is 2. The summed E-state index contributed by atoms with van der Waals surface area (Å²) in [5, 5.41) is 20.4. The smallest absolute Gasteiger partial charge is 0.231 e. The summed E-state index contributed by atoms with van der Waals surface area (Å²) in [4.78, 5) is 37.8. The molecule has 2 saturated heterocycles. The fourth-order valence-electron chi connectivity index (χ4n) is 8.28. The third kappa shape index (κ3) is 8.22. The van der Waals surface area contributed by atoms with Crippen molar-refractivity contribution >= 4 is 22.9 Å². The Labute approximate surface area is 332 Å². The highest BCUT2D eigenvalue weighted by molar-refractivity contribution is 6.14. The van der Waals surface area contributed by atoms with Crippen molar-refractivity contribution in [3.8, 4) is 23.0 Å². The summed E-state index contributed by atoms with van der Waals surface area (Å²) in [6.45, 7) is 5.50. The van der Waals surface area contributed by atoms with E-state index >= 15 is 0 Å². The molecule has 0 bridgehead atoms. The number of ether oxygens (including phenoxy) is 3. The van der Waals surface area contributed by atoms with Crippen molar-refractivity contribution in [2.24, 2.45) is 0 Å². The van der Waals surface area contributed by atoms with Crippen molar-refractivity contribution in [1.82, 2.24) is 19.8 Å². The molecule has 2 aromatic heterocycles. The standard InChI is InChI=1S/C23H22N2O3.C14H17NO3.C9H9NO/c26-20-9-7-17-22(27)21(13-15-6-8-19-16(15)5-4-10-24-19)28-23(17)18(20)14-25-11-2-1-3-12-25;16-12-5-4-10-13(17)9-18-14(10)11(12)8-15-6-2-1-3-7-15;1-11-9-5-4-8-7(9)3-2-6-10-8/h4-7,9-10,13,26H,1-3,8,11-12,14H2;4-5,16H,1-3,6-9H2;2-3,5-6H,4H2,1H3/b21-13-;;. The zero-order valence-corrected chi connectivity index (χ0v) is 32.3. The van der Waals surface area contributed by atoms with Gasteiger partial charge in [-0.05, 0) is 112 Å². The van der Waals surface area contributed by atoms with Gasteiger partial charge in [-0.25, -0.2) is 0 Å². The molecule has 2 N–H and O–H groups in total. The van der Waals surface area contributed by atoms with Gasteiger partial charge in [-0.3, -0.25) is 29.4 Å². The molecule has 11 heteroatoms. The summed E-state index contributed by atoms with van der Waals surface area (Å²) in [7, 11) is 1.69. The molecule has 0 saturated carbocycles. The Morgan fingerprint density at radius 1 is 0.702 bits per heavy atom. The van der Waals surface area contributed by atoms with Crippen molar-refractivity contribution in [2.75, 3.05) is 39.9 Å². The number of allylic oxidation sites excluding steroid dienone is 5. The average molecular weight is 769 g/mol. The number of phenols is 2. The summed E-state index contributed by atoms with van der Waals surface area (Å²) in [6, 6.07) is 14.4. The van der Waals surface area contributed by atoms with Crippen molar-refractivity contribution in [2.45, 2.75) is 64.5 Å². The van der Waals surface area contributed by atoms with E-state index in [9.17, 15) is 19.8 Å². The number of benzene rings is 2. The molecule has 0 atom stereocenters. The number of Topliss-reactive ketones (excluding diaryl/α,β-unsaturated/α-hetero) is 2. The average Bonchev–Trinajstić information content (AvgIpc) is 4.03. The van der Waals surface area contributed by atoms with Gasteiger partial charge in [-0.2, -0.15) is 0 Å². The number of fused-ring (bicyclic) bond motifs is 4. The predicted molar refractivity (Wildman–Crippen MR) is 216 cm³/mol. The highest BCUT2D eigenvalue weighted by Crippen LogP contribution is 2.41. The van der Waals surface area contributed by atoms with Crippen LogP contribution in [0.25, 0.3) is 11.3 Å². The second-order valence-corrected chi connectivity index (χ2v) is 15.0. The molecule has 294 valence electrons. The maximum atomic E-state index is 12.9. The first-order chi connectivity index (χ1) is 27.9. The third-order valence-corrected chi connectivity index (χ3v) is 11.3. The number of hydrogen-bond acceptors (Lipinski definition) is 11. The Kier molecular flexibility index (Phi) is 11.5. The number of phenolic OH excluding ortho intramolecular Hbond substituents is 2. The first kappa shape index (κ1) is 38.1. The SMILES string of the molecule is COC1=CCc2ncccc21.O=C1/C(=C/C2=CCc3ncccc32)Oc2c1ccc(O)c2CN1CCCCC1.O=C1COc2c1ccc(O)c2CN1CCCCC1. The van der Waals surface area contributed by atoms with Crippen LogP contribution in [0, 0.1) is 0 Å². The fourth-order valence-corrected chi connectivity index (χ4v) is 8.28. The molecule has 2 aliphatic carbocycles. The second kappa shape index (κ2) is 17.2. The maximum absolute atomic E-state index is 12.9. The zero-order valence-electron chi connectivity index (χ0n) is 32.3. The van der Waals surface area contributed by atoms with Crippen LogP contribution in [0.4, 0.5) is 0 Å². The molecule has 0 radical (unpaired) electrons. The van der Waals surface area contributed by atoms with E-state index in [-0.39, 0.29) is 29.7 Å². The van der Waals surface area contributed by atoms with Crippen LogP contribution < -0.4 is 9.47 Å². The molecule has 10 rings (SSSR count). The number of rotatable bonds is 6. The number of carbonyl (C=O) groups is 2. The number of methoxy groups -OCH3 is 1. The Morgan fingerprint density at radius 2 is 1.28 bits per heavy atom. The molecule has 11 nitrogen and oxygen atoms in total. The molecular weight excluding hydrogens is 721 g/mol. The number of pyridine rings is 2. The van der Waals surface area contributed by atoms with E-state index in [1.807, 2.05) is 30.5 Å². The van der Waals surface area contributed by atoms with Gasteiger partial charge in [-0.15, -0.1) is 0 Å². The zero-order chi connectivity index (χ0) is 39.3. The van der Waals surface area contributed by atoms with E-state index in [1.54, 1.807) is 43.6 Å². The van der Waals surface area contributed by atoms with Gasteiger partial charge >= 0.3 is 0 Å². The van der Waals surface area contributed by atoms with E-state index in [1.165, 1.54) is 38.5 Å². The Balaban J connectivity index is 0.000000133. The molecule has 0 unspecified atom stereocenters. The molecule has 0 amide bonds. The predicted octanol–water partition coefficient (Wildman–Crippen LogP) is 7.45. The minimum absolute atomic E-state index is 0.00453. The van der Waals surface area contributed by atoms with E-state index in [4.69, 9.17) is 14.2 Å². The van der Waals surface area contributed by atoms with E-state index in [0.717, 1.165) is 78.4 Å². The van der Waals surface area contributed by atoms with Crippen molar-refractivity contribution < 1.29 is 34.0 Å². The summed E-state index contributed by atoms with van der Waals surface area (Å²) in [5.41, 5.74) is 7.87. The number of ketones is 2. The Morgan fingerprint density at radius 3 is 1.93 bits per heavy atom. The Bertz CT molecular complexity index is 2270. The van der Waals surface area contributed by atoms with Gasteiger partial charge in [0.15, 0.2) is 12.4 Å². The largest absolute Gasteiger partial charge is 0.507 e. The summed E-state index contributed by atoms with van der Waals surface area (Å²) in [6.07, 6.45) is 18.5. The van der Waals surface area contributed by atoms with E-state index in [0.29, 0.717) is 47.0 Å². The quantitative estimate of drug-likeness (QED) is 0.190. The number of nitrogens with zero attached hydrogens (tertiary/aromatic N) is 4. The number of aromatic nitrogens is 2. The van der Waals surface area contributed by atoms with Crippen molar-refractivity contribution in [1.29, 1.82) is 0 Å². The molecule has 2 fully saturated rings. The molecule has 4 aliphatic heterocycles. The number of carbonyl (C=O) groups excluding carboxylic acids is 2. The monoisotopic (exact) mass is 768 g/mol. The van der Waals surface area contributed by atoms with Gasteiger partial charge in [0.2, 0.25) is 11.6 Å². The third-order valence-electron chi connectivity index (χ3n) is 11.3. The number of piperidine rings is 2. The number of likely N-dealkylation sites (tertiary alicyclic amines) is 2. The fraction of sp³-hybridized carbons (Fsp3) is 0.348. The molecule has 57 heavy (non-hydrogen) atoms. The second-order valence-electron chi connectivity index (χ2n) is 15.0.